The summed E-state index contributed by atoms with van der Waals surface area (Å²) in [5, 5.41) is 2.71. The minimum Gasteiger partial charge on any atom is -0.486 e. The Morgan fingerprint density at radius 3 is 2.75 bits per heavy atom. The van der Waals surface area contributed by atoms with E-state index in [0.717, 1.165) is 17.9 Å². The summed E-state index contributed by atoms with van der Waals surface area (Å²) in [5.74, 6) is 0.459. The lowest BCUT2D eigenvalue weighted by Crippen LogP contribution is -2.43. The SMILES string of the molecule is CCC1CN(C(=O)c2cccc(NC(C)=O)c2)c2ccccc2O1. The van der Waals surface area contributed by atoms with Crippen molar-refractivity contribution in [2.24, 2.45) is 0 Å². The molecule has 124 valence electrons. The molecule has 0 saturated carbocycles. The van der Waals surface area contributed by atoms with Crippen molar-refractivity contribution in [2.75, 3.05) is 16.8 Å². The number of carbonyl (C=O) groups is 2. The molecule has 0 spiro atoms. The topological polar surface area (TPSA) is 58.6 Å². The van der Waals surface area contributed by atoms with E-state index in [4.69, 9.17) is 4.74 Å². The Morgan fingerprint density at radius 2 is 2.00 bits per heavy atom. The average Bonchev–Trinajstić information content (AvgIpc) is 2.59. The third kappa shape index (κ3) is 3.25. The Morgan fingerprint density at radius 1 is 1.21 bits per heavy atom. The number of benzene rings is 2. The van der Waals surface area contributed by atoms with Gasteiger partial charge in [-0.1, -0.05) is 25.1 Å². The van der Waals surface area contributed by atoms with Gasteiger partial charge >= 0.3 is 0 Å². The van der Waals surface area contributed by atoms with Gasteiger partial charge in [-0.15, -0.1) is 0 Å². The highest BCUT2D eigenvalue weighted by Crippen LogP contribution is 2.34. The van der Waals surface area contributed by atoms with Crippen molar-refractivity contribution in [2.45, 2.75) is 26.4 Å². The van der Waals surface area contributed by atoms with Crippen molar-refractivity contribution in [3.63, 3.8) is 0 Å². The number of nitrogens with one attached hydrogen (secondary N) is 1. The van der Waals surface area contributed by atoms with Crippen molar-refractivity contribution in [3.05, 3.63) is 54.1 Å². The first-order valence-electron chi connectivity index (χ1n) is 8.03. The molecule has 3 rings (SSSR count). The minimum atomic E-state index is -0.164. The van der Waals surface area contributed by atoms with E-state index in [2.05, 4.69) is 5.32 Å². The van der Waals surface area contributed by atoms with E-state index in [1.807, 2.05) is 31.2 Å². The molecule has 0 aromatic heterocycles. The number of hydrogen-bond donors (Lipinski definition) is 1. The highest BCUT2D eigenvalue weighted by molar-refractivity contribution is 6.08. The van der Waals surface area contributed by atoms with E-state index in [-0.39, 0.29) is 17.9 Å². The van der Waals surface area contributed by atoms with Gasteiger partial charge in [0.2, 0.25) is 5.91 Å². The molecular formula is C19H20N2O3. The van der Waals surface area contributed by atoms with Crippen LogP contribution < -0.4 is 15.0 Å². The number of fused-ring (bicyclic) bond motifs is 1. The fraction of sp³-hybridized carbons (Fsp3) is 0.263. The molecule has 5 heteroatoms. The molecule has 1 atom stereocenters. The van der Waals surface area contributed by atoms with Crippen LogP contribution in [0.15, 0.2) is 48.5 Å². The minimum absolute atomic E-state index is 0.0256. The second-order valence-electron chi connectivity index (χ2n) is 5.79. The number of rotatable bonds is 3. The number of amides is 2. The van der Waals surface area contributed by atoms with Gasteiger partial charge < -0.3 is 15.0 Å². The van der Waals surface area contributed by atoms with Crippen LogP contribution in [0.4, 0.5) is 11.4 Å². The molecule has 24 heavy (non-hydrogen) atoms. The van der Waals surface area contributed by atoms with Gasteiger partial charge in [-0.05, 0) is 36.8 Å². The van der Waals surface area contributed by atoms with Crippen molar-refractivity contribution >= 4 is 23.2 Å². The number of nitrogens with zero attached hydrogens (tertiary/aromatic N) is 1. The lowest BCUT2D eigenvalue weighted by molar-refractivity contribution is -0.114. The van der Waals surface area contributed by atoms with Gasteiger partial charge in [-0.25, -0.2) is 0 Å². The van der Waals surface area contributed by atoms with Crippen LogP contribution in [0.25, 0.3) is 0 Å². The number of carbonyl (C=O) groups excluding carboxylic acids is 2. The Hall–Kier alpha value is -2.82. The quantitative estimate of drug-likeness (QED) is 0.940. The summed E-state index contributed by atoms with van der Waals surface area (Å²) in [6, 6.07) is 14.5. The average molecular weight is 324 g/mol. The molecule has 1 heterocycles. The van der Waals surface area contributed by atoms with E-state index in [1.54, 1.807) is 29.2 Å². The maximum Gasteiger partial charge on any atom is 0.258 e. The first kappa shape index (κ1) is 16.1. The molecule has 1 N–H and O–H groups in total. The number of ether oxygens (including phenoxy) is 1. The molecule has 0 aliphatic carbocycles. The fourth-order valence-electron chi connectivity index (χ4n) is 2.79. The van der Waals surface area contributed by atoms with E-state index in [9.17, 15) is 9.59 Å². The standard InChI is InChI=1S/C19H20N2O3/c1-3-16-12-21(17-9-4-5-10-18(17)24-16)19(23)14-7-6-8-15(11-14)20-13(2)22/h4-11,16H,3,12H2,1-2H3,(H,20,22). The van der Waals surface area contributed by atoms with Gasteiger partial charge in [0, 0.05) is 18.2 Å². The second-order valence-corrected chi connectivity index (χ2v) is 5.79. The van der Waals surface area contributed by atoms with Crippen molar-refractivity contribution in [1.29, 1.82) is 0 Å². The van der Waals surface area contributed by atoms with Crippen LogP contribution in [0.2, 0.25) is 0 Å². The smallest absolute Gasteiger partial charge is 0.258 e. The molecule has 1 aliphatic heterocycles. The zero-order chi connectivity index (χ0) is 17.1. The normalized spacial score (nSPS) is 16.1. The van der Waals surface area contributed by atoms with E-state index >= 15 is 0 Å². The molecule has 0 bridgehead atoms. The molecule has 1 aliphatic rings. The van der Waals surface area contributed by atoms with Crippen LogP contribution in [0.5, 0.6) is 5.75 Å². The highest BCUT2D eigenvalue weighted by Gasteiger charge is 2.29. The largest absolute Gasteiger partial charge is 0.486 e. The summed E-state index contributed by atoms with van der Waals surface area (Å²) in [4.78, 5) is 26.0. The molecule has 0 fully saturated rings. The number of hydrogen-bond acceptors (Lipinski definition) is 3. The summed E-state index contributed by atoms with van der Waals surface area (Å²) in [6.07, 6.45) is 0.798. The van der Waals surface area contributed by atoms with Crippen molar-refractivity contribution < 1.29 is 14.3 Å². The summed E-state index contributed by atoms with van der Waals surface area (Å²) >= 11 is 0. The third-order valence-electron chi connectivity index (χ3n) is 3.97. The molecule has 2 aromatic carbocycles. The molecule has 5 nitrogen and oxygen atoms in total. The lowest BCUT2D eigenvalue weighted by Gasteiger charge is -2.34. The monoisotopic (exact) mass is 324 g/mol. The van der Waals surface area contributed by atoms with Gasteiger partial charge in [-0.3, -0.25) is 9.59 Å². The first-order valence-corrected chi connectivity index (χ1v) is 8.03. The Kier molecular flexibility index (Phi) is 4.51. The van der Waals surface area contributed by atoms with Gasteiger partial charge in [0.1, 0.15) is 11.9 Å². The molecule has 1 unspecified atom stereocenters. The Balaban J connectivity index is 1.93. The summed E-state index contributed by atoms with van der Waals surface area (Å²) in [6.45, 7) is 3.99. The first-order chi connectivity index (χ1) is 11.6. The third-order valence-corrected chi connectivity index (χ3v) is 3.97. The Bertz CT molecular complexity index is 773. The molecule has 2 amide bonds. The molecular weight excluding hydrogens is 304 g/mol. The predicted octanol–water partition coefficient (Wildman–Crippen LogP) is 3.46. The number of para-hydroxylation sites is 2. The van der Waals surface area contributed by atoms with E-state index < -0.39 is 0 Å². The van der Waals surface area contributed by atoms with Gasteiger partial charge in [0.05, 0.1) is 12.2 Å². The second kappa shape index (κ2) is 6.74. The van der Waals surface area contributed by atoms with Crippen molar-refractivity contribution in [1.82, 2.24) is 0 Å². The zero-order valence-electron chi connectivity index (χ0n) is 13.8. The van der Waals surface area contributed by atoms with Crippen LogP contribution in [-0.2, 0) is 4.79 Å². The summed E-state index contributed by atoms with van der Waals surface area (Å²) < 4.78 is 5.92. The van der Waals surface area contributed by atoms with Gasteiger partial charge in [-0.2, -0.15) is 0 Å². The molecule has 2 aromatic rings. The van der Waals surface area contributed by atoms with Crippen LogP contribution in [-0.4, -0.2) is 24.5 Å². The Labute approximate surface area is 141 Å². The van der Waals surface area contributed by atoms with Crippen molar-refractivity contribution in [3.8, 4) is 5.75 Å². The number of anilines is 2. The van der Waals surface area contributed by atoms with E-state index in [0.29, 0.717) is 17.8 Å². The van der Waals surface area contributed by atoms with Gasteiger partial charge in [0.25, 0.3) is 5.91 Å². The summed E-state index contributed by atoms with van der Waals surface area (Å²) in [5.41, 5.74) is 1.92. The summed E-state index contributed by atoms with van der Waals surface area (Å²) in [7, 11) is 0. The maximum absolute atomic E-state index is 13.0. The lowest BCUT2D eigenvalue weighted by atomic mass is 10.1. The highest BCUT2D eigenvalue weighted by atomic mass is 16.5. The zero-order valence-corrected chi connectivity index (χ0v) is 13.8. The van der Waals surface area contributed by atoms with Crippen LogP contribution in [0.1, 0.15) is 30.6 Å². The fourth-order valence-corrected chi connectivity index (χ4v) is 2.79. The predicted molar refractivity (Wildman–Crippen MR) is 93.6 cm³/mol. The van der Waals surface area contributed by atoms with Crippen LogP contribution in [0.3, 0.4) is 0 Å². The van der Waals surface area contributed by atoms with E-state index in [1.165, 1.54) is 6.92 Å². The van der Waals surface area contributed by atoms with Crippen LogP contribution >= 0.6 is 0 Å². The van der Waals surface area contributed by atoms with Gasteiger partial charge in [0.15, 0.2) is 0 Å². The van der Waals surface area contributed by atoms with Crippen LogP contribution in [0, 0.1) is 0 Å². The maximum atomic E-state index is 13.0. The molecule has 0 saturated heterocycles. The molecule has 0 radical (unpaired) electrons.